The van der Waals surface area contributed by atoms with Gasteiger partial charge in [-0.3, -0.25) is 0 Å². The predicted octanol–water partition coefficient (Wildman–Crippen LogP) is 2.25. The fourth-order valence-corrected chi connectivity index (χ4v) is 1.47. The van der Waals surface area contributed by atoms with E-state index >= 15 is 0 Å². The summed E-state index contributed by atoms with van der Waals surface area (Å²) in [4.78, 5) is 4.29. The smallest absolute Gasteiger partial charge is 0.192 e. The van der Waals surface area contributed by atoms with Crippen LogP contribution in [0.25, 0.3) is 11.1 Å². The molecule has 0 radical (unpaired) electrons. The topological polar surface area (TPSA) is 38.1 Å². The highest BCUT2D eigenvalue weighted by molar-refractivity contribution is 5.73. The number of rotatable bonds is 3. The zero-order chi connectivity index (χ0) is 9.97. The Morgan fingerprint density at radius 3 is 3.07 bits per heavy atom. The number of aromatic nitrogens is 1. The lowest BCUT2D eigenvalue weighted by atomic mass is 10.2. The Morgan fingerprint density at radius 2 is 2.29 bits per heavy atom. The van der Waals surface area contributed by atoms with E-state index in [2.05, 4.69) is 29.4 Å². The summed E-state index contributed by atoms with van der Waals surface area (Å²) in [5.41, 5.74) is 3.05. The van der Waals surface area contributed by atoms with Gasteiger partial charge in [0.25, 0.3) is 0 Å². The molecule has 0 saturated carbocycles. The molecular formula is C11H14N2O. The Hall–Kier alpha value is -1.35. The SMILES string of the molecule is CCNCc1ccc2oc(C)nc2c1. The summed E-state index contributed by atoms with van der Waals surface area (Å²) in [6, 6.07) is 6.10. The highest BCUT2D eigenvalue weighted by Crippen LogP contribution is 2.16. The normalized spacial score (nSPS) is 11.0. The summed E-state index contributed by atoms with van der Waals surface area (Å²) < 4.78 is 5.40. The molecule has 3 heteroatoms. The van der Waals surface area contributed by atoms with Crippen LogP contribution in [0.4, 0.5) is 0 Å². The van der Waals surface area contributed by atoms with E-state index in [0.717, 1.165) is 30.1 Å². The quantitative estimate of drug-likeness (QED) is 0.806. The lowest BCUT2D eigenvalue weighted by molar-refractivity contribution is 0.561. The Balaban J connectivity index is 2.31. The molecule has 14 heavy (non-hydrogen) atoms. The Kier molecular flexibility index (Phi) is 2.50. The maximum atomic E-state index is 5.40. The van der Waals surface area contributed by atoms with Crippen molar-refractivity contribution < 1.29 is 4.42 Å². The van der Waals surface area contributed by atoms with E-state index < -0.39 is 0 Å². The van der Waals surface area contributed by atoms with Gasteiger partial charge in [0.05, 0.1) is 0 Å². The molecule has 0 aliphatic heterocycles. The van der Waals surface area contributed by atoms with Crippen molar-refractivity contribution in [1.29, 1.82) is 0 Å². The Labute approximate surface area is 83.1 Å². The zero-order valence-corrected chi connectivity index (χ0v) is 8.50. The van der Waals surface area contributed by atoms with Gasteiger partial charge in [0, 0.05) is 13.5 Å². The number of nitrogens with zero attached hydrogens (tertiary/aromatic N) is 1. The third kappa shape index (κ3) is 1.77. The molecule has 1 aromatic carbocycles. The van der Waals surface area contributed by atoms with Crippen LogP contribution in [0.15, 0.2) is 22.6 Å². The van der Waals surface area contributed by atoms with Crippen LogP contribution < -0.4 is 5.32 Å². The van der Waals surface area contributed by atoms with Crippen LogP contribution in [-0.2, 0) is 6.54 Å². The first-order valence-corrected chi connectivity index (χ1v) is 4.86. The van der Waals surface area contributed by atoms with Crippen LogP contribution in [0.3, 0.4) is 0 Å². The van der Waals surface area contributed by atoms with Crippen LogP contribution in [0.5, 0.6) is 0 Å². The highest BCUT2D eigenvalue weighted by atomic mass is 16.3. The maximum absolute atomic E-state index is 5.40. The molecule has 2 rings (SSSR count). The van der Waals surface area contributed by atoms with Gasteiger partial charge in [-0.25, -0.2) is 4.98 Å². The average molecular weight is 190 g/mol. The van der Waals surface area contributed by atoms with Gasteiger partial charge in [-0.15, -0.1) is 0 Å². The summed E-state index contributed by atoms with van der Waals surface area (Å²) >= 11 is 0. The molecule has 3 nitrogen and oxygen atoms in total. The molecule has 2 aromatic rings. The number of hydrogen-bond acceptors (Lipinski definition) is 3. The van der Waals surface area contributed by atoms with Gasteiger partial charge in [0.1, 0.15) is 5.52 Å². The van der Waals surface area contributed by atoms with Gasteiger partial charge in [0.2, 0.25) is 0 Å². The molecule has 0 fully saturated rings. The lowest BCUT2D eigenvalue weighted by Crippen LogP contribution is -2.11. The Morgan fingerprint density at radius 1 is 1.43 bits per heavy atom. The molecule has 0 spiro atoms. The van der Waals surface area contributed by atoms with Gasteiger partial charge in [-0.1, -0.05) is 13.0 Å². The zero-order valence-electron chi connectivity index (χ0n) is 8.50. The van der Waals surface area contributed by atoms with E-state index in [1.54, 1.807) is 0 Å². The molecule has 0 aliphatic carbocycles. The third-order valence-electron chi connectivity index (χ3n) is 2.14. The van der Waals surface area contributed by atoms with Gasteiger partial charge >= 0.3 is 0 Å². The monoisotopic (exact) mass is 190 g/mol. The van der Waals surface area contributed by atoms with E-state index in [0.29, 0.717) is 0 Å². The van der Waals surface area contributed by atoms with Crippen molar-refractivity contribution >= 4 is 11.1 Å². The highest BCUT2D eigenvalue weighted by Gasteiger charge is 2.02. The molecule has 0 amide bonds. The fraction of sp³-hybridized carbons (Fsp3) is 0.364. The second-order valence-corrected chi connectivity index (χ2v) is 3.32. The second kappa shape index (κ2) is 3.80. The predicted molar refractivity (Wildman–Crippen MR) is 56.1 cm³/mol. The van der Waals surface area contributed by atoms with Crippen LogP contribution in [-0.4, -0.2) is 11.5 Å². The number of aryl methyl sites for hydroxylation is 1. The van der Waals surface area contributed by atoms with Crippen molar-refractivity contribution in [3.8, 4) is 0 Å². The molecular weight excluding hydrogens is 176 g/mol. The van der Waals surface area contributed by atoms with E-state index in [1.165, 1.54) is 5.56 Å². The number of fused-ring (bicyclic) bond motifs is 1. The van der Waals surface area contributed by atoms with Gasteiger partial charge < -0.3 is 9.73 Å². The summed E-state index contributed by atoms with van der Waals surface area (Å²) in [5.74, 6) is 0.723. The largest absolute Gasteiger partial charge is 0.441 e. The lowest BCUT2D eigenvalue weighted by Gasteiger charge is -2.00. The van der Waals surface area contributed by atoms with Crippen LogP contribution in [0.2, 0.25) is 0 Å². The molecule has 0 unspecified atom stereocenters. The van der Waals surface area contributed by atoms with Crippen LogP contribution >= 0.6 is 0 Å². The van der Waals surface area contributed by atoms with Crippen molar-refractivity contribution in [3.63, 3.8) is 0 Å². The summed E-state index contributed by atoms with van der Waals surface area (Å²) in [6.07, 6.45) is 0. The molecule has 0 atom stereocenters. The van der Waals surface area contributed by atoms with Gasteiger partial charge in [-0.2, -0.15) is 0 Å². The summed E-state index contributed by atoms with van der Waals surface area (Å²) in [7, 11) is 0. The maximum Gasteiger partial charge on any atom is 0.192 e. The number of hydrogen-bond donors (Lipinski definition) is 1. The average Bonchev–Trinajstić information content (AvgIpc) is 2.54. The molecule has 1 heterocycles. The first-order valence-electron chi connectivity index (χ1n) is 4.86. The molecule has 1 N–H and O–H groups in total. The van der Waals surface area contributed by atoms with Crippen molar-refractivity contribution in [2.24, 2.45) is 0 Å². The number of benzene rings is 1. The minimum Gasteiger partial charge on any atom is -0.441 e. The number of nitrogens with one attached hydrogen (secondary N) is 1. The minimum atomic E-state index is 0.723. The van der Waals surface area contributed by atoms with E-state index in [4.69, 9.17) is 4.42 Å². The summed E-state index contributed by atoms with van der Waals surface area (Å²) in [5, 5.41) is 3.28. The molecule has 0 bridgehead atoms. The standard InChI is InChI=1S/C11H14N2O/c1-3-12-7-9-4-5-11-10(6-9)13-8(2)14-11/h4-6,12H,3,7H2,1-2H3. The van der Waals surface area contributed by atoms with Crippen molar-refractivity contribution in [3.05, 3.63) is 29.7 Å². The van der Waals surface area contributed by atoms with Crippen molar-refractivity contribution in [2.45, 2.75) is 20.4 Å². The minimum absolute atomic E-state index is 0.723. The van der Waals surface area contributed by atoms with Gasteiger partial charge in [0.15, 0.2) is 11.5 Å². The fourth-order valence-electron chi connectivity index (χ4n) is 1.47. The van der Waals surface area contributed by atoms with E-state index in [-0.39, 0.29) is 0 Å². The van der Waals surface area contributed by atoms with E-state index in [1.807, 2.05) is 13.0 Å². The second-order valence-electron chi connectivity index (χ2n) is 3.32. The van der Waals surface area contributed by atoms with Crippen molar-refractivity contribution in [2.75, 3.05) is 6.54 Å². The molecule has 74 valence electrons. The van der Waals surface area contributed by atoms with Crippen LogP contribution in [0.1, 0.15) is 18.4 Å². The third-order valence-corrected chi connectivity index (χ3v) is 2.14. The molecule has 0 saturated heterocycles. The first kappa shape index (κ1) is 9.21. The molecule has 0 aliphatic rings. The summed E-state index contributed by atoms with van der Waals surface area (Å²) in [6.45, 7) is 5.83. The van der Waals surface area contributed by atoms with E-state index in [9.17, 15) is 0 Å². The van der Waals surface area contributed by atoms with Crippen LogP contribution in [0, 0.1) is 6.92 Å². The molecule has 1 aromatic heterocycles. The van der Waals surface area contributed by atoms with Crippen molar-refractivity contribution in [1.82, 2.24) is 10.3 Å². The Bertz CT molecular complexity index is 434. The number of oxazole rings is 1. The van der Waals surface area contributed by atoms with Gasteiger partial charge in [-0.05, 0) is 24.2 Å². The first-order chi connectivity index (χ1) is 6.79.